The van der Waals surface area contributed by atoms with Gasteiger partial charge in [-0.25, -0.2) is 9.59 Å². The molecule has 1 aromatic carbocycles. The van der Waals surface area contributed by atoms with Crippen LogP contribution in [-0.2, 0) is 19.1 Å². The Morgan fingerprint density at radius 1 is 1.31 bits per heavy atom. The van der Waals surface area contributed by atoms with E-state index in [9.17, 15) is 9.59 Å². The SMILES string of the molecule is COC[C@@H]1C=C2c3cccc4c3c3cn4OC(=O)/C(Cl)=C/C(=O)OC3[C@@H]2N(C)C1. The molecule has 2 bridgehead atoms. The number of carbonyl (C=O) groups is 2. The minimum atomic E-state index is -0.816. The summed E-state index contributed by atoms with van der Waals surface area (Å²) < 4.78 is 12.6. The van der Waals surface area contributed by atoms with Crippen molar-refractivity contribution in [3.8, 4) is 0 Å². The van der Waals surface area contributed by atoms with Gasteiger partial charge < -0.3 is 14.3 Å². The second kappa shape index (κ2) is 6.73. The summed E-state index contributed by atoms with van der Waals surface area (Å²) in [5, 5.41) is 0.576. The van der Waals surface area contributed by atoms with Gasteiger partial charge in [0.1, 0.15) is 11.1 Å². The normalized spacial score (nSPS) is 28.3. The van der Waals surface area contributed by atoms with Crippen LogP contribution in [0.4, 0.5) is 0 Å². The number of esters is 1. The fraction of sp³-hybridized carbons (Fsp3) is 0.333. The van der Waals surface area contributed by atoms with Crippen LogP contribution < -0.4 is 4.84 Å². The van der Waals surface area contributed by atoms with Crippen LogP contribution in [0.2, 0.25) is 0 Å². The molecule has 3 heterocycles. The van der Waals surface area contributed by atoms with Crippen molar-refractivity contribution in [3.63, 3.8) is 0 Å². The average molecular weight is 415 g/mol. The van der Waals surface area contributed by atoms with Crippen LogP contribution in [0.25, 0.3) is 16.5 Å². The number of hydrogen-bond donors (Lipinski definition) is 0. The number of rotatable bonds is 2. The largest absolute Gasteiger partial charge is 0.452 e. The Hall–Kier alpha value is -2.61. The summed E-state index contributed by atoms with van der Waals surface area (Å²) in [5.74, 6) is -1.27. The maximum Gasteiger partial charge on any atom is 0.375 e. The molecule has 1 aliphatic carbocycles. The molecule has 150 valence electrons. The van der Waals surface area contributed by atoms with Crippen LogP contribution in [-0.4, -0.2) is 54.9 Å². The van der Waals surface area contributed by atoms with E-state index >= 15 is 0 Å². The van der Waals surface area contributed by atoms with E-state index in [1.54, 1.807) is 13.3 Å². The zero-order valence-corrected chi connectivity index (χ0v) is 16.7. The lowest BCUT2D eigenvalue weighted by Gasteiger charge is -2.43. The number of halogens is 1. The Labute approximate surface area is 172 Å². The third-order valence-corrected chi connectivity index (χ3v) is 5.97. The van der Waals surface area contributed by atoms with E-state index in [0.29, 0.717) is 12.1 Å². The number of likely N-dealkylation sites (N-methyl/N-ethyl adjacent to an activating group) is 1. The van der Waals surface area contributed by atoms with Crippen LogP contribution in [0, 0.1) is 5.92 Å². The Kier molecular flexibility index (Phi) is 4.27. The molecule has 1 unspecified atom stereocenters. The highest BCUT2D eigenvalue weighted by molar-refractivity contribution is 6.42. The lowest BCUT2D eigenvalue weighted by molar-refractivity contribution is -0.147. The Balaban J connectivity index is 1.78. The van der Waals surface area contributed by atoms with Gasteiger partial charge in [0.05, 0.1) is 24.4 Å². The number of benzene rings is 1. The second-order valence-electron chi connectivity index (χ2n) is 7.56. The highest BCUT2D eigenvalue weighted by atomic mass is 35.5. The minimum absolute atomic E-state index is 0.164. The topological polar surface area (TPSA) is 70.0 Å². The van der Waals surface area contributed by atoms with Gasteiger partial charge in [0.25, 0.3) is 0 Å². The zero-order valence-electron chi connectivity index (χ0n) is 15.9. The molecule has 0 N–H and O–H groups in total. The monoisotopic (exact) mass is 414 g/mol. The molecule has 0 saturated heterocycles. The highest BCUT2D eigenvalue weighted by Crippen LogP contribution is 2.48. The van der Waals surface area contributed by atoms with E-state index in [-0.39, 0.29) is 17.0 Å². The van der Waals surface area contributed by atoms with E-state index < -0.39 is 18.0 Å². The summed E-state index contributed by atoms with van der Waals surface area (Å²) in [4.78, 5) is 32.3. The van der Waals surface area contributed by atoms with Crippen LogP contribution in [0.1, 0.15) is 17.2 Å². The Morgan fingerprint density at radius 3 is 2.93 bits per heavy atom. The molecule has 0 saturated carbocycles. The molecule has 5 rings (SSSR count). The smallest absolute Gasteiger partial charge is 0.375 e. The number of carbonyl (C=O) groups excluding carboxylic acids is 2. The first-order valence-corrected chi connectivity index (χ1v) is 9.71. The Morgan fingerprint density at radius 2 is 2.14 bits per heavy atom. The van der Waals surface area contributed by atoms with Crippen molar-refractivity contribution in [1.29, 1.82) is 0 Å². The molecule has 3 aliphatic rings. The van der Waals surface area contributed by atoms with E-state index in [1.807, 2.05) is 25.2 Å². The second-order valence-corrected chi connectivity index (χ2v) is 7.97. The predicted molar refractivity (Wildman–Crippen MR) is 106 cm³/mol. The first kappa shape index (κ1) is 18.4. The number of aromatic nitrogens is 1. The lowest BCUT2D eigenvalue weighted by Crippen LogP contribution is -2.46. The summed E-state index contributed by atoms with van der Waals surface area (Å²) in [7, 11) is 3.70. The first-order valence-electron chi connectivity index (χ1n) is 9.33. The molecule has 0 amide bonds. The number of ether oxygens (including phenoxy) is 2. The van der Waals surface area contributed by atoms with Gasteiger partial charge in [-0.3, -0.25) is 4.90 Å². The summed E-state index contributed by atoms with van der Waals surface area (Å²) in [6.45, 7) is 1.37. The van der Waals surface area contributed by atoms with Gasteiger partial charge in [-0.15, -0.1) is 0 Å². The zero-order chi connectivity index (χ0) is 20.3. The van der Waals surface area contributed by atoms with E-state index in [4.69, 9.17) is 25.9 Å². The molecule has 2 aliphatic heterocycles. The van der Waals surface area contributed by atoms with E-state index in [1.165, 1.54) is 4.73 Å². The van der Waals surface area contributed by atoms with Crippen molar-refractivity contribution >= 4 is 40.0 Å². The number of fused-ring (bicyclic) bond motifs is 5. The standard InChI is InChI=1S/C21H19ClN2O5/c1-23-8-11(10-27-2)6-13-12-4-3-5-16-18(12)14-9-24(16)29-21(26)15(22)7-17(25)28-20(14)19(13)23/h3-7,9,11,19-20H,8,10H2,1-2H3/b15-7-/t11-,19-,20?/m1/s1. The molecule has 3 atom stereocenters. The lowest BCUT2D eigenvalue weighted by atomic mass is 9.78. The van der Waals surface area contributed by atoms with Gasteiger partial charge in [0.15, 0.2) is 0 Å². The Bertz CT molecular complexity index is 1100. The average Bonchev–Trinajstić information content (AvgIpc) is 3.04. The van der Waals surface area contributed by atoms with Crippen LogP contribution in [0.3, 0.4) is 0 Å². The molecule has 2 aromatic rings. The van der Waals surface area contributed by atoms with Crippen molar-refractivity contribution in [2.24, 2.45) is 5.92 Å². The molecule has 8 heteroatoms. The molecule has 0 spiro atoms. The maximum atomic E-state index is 12.5. The van der Waals surface area contributed by atoms with Crippen molar-refractivity contribution < 1.29 is 23.9 Å². The molecule has 1 aromatic heterocycles. The quantitative estimate of drug-likeness (QED) is 0.702. The predicted octanol–water partition coefficient (Wildman–Crippen LogP) is 2.29. The van der Waals surface area contributed by atoms with Crippen LogP contribution in [0.15, 0.2) is 41.6 Å². The third kappa shape index (κ3) is 2.80. The van der Waals surface area contributed by atoms with Gasteiger partial charge in [-0.05, 0) is 24.3 Å². The first-order chi connectivity index (χ1) is 14.0. The highest BCUT2D eigenvalue weighted by Gasteiger charge is 2.43. The third-order valence-electron chi connectivity index (χ3n) is 5.71. The van der Waals surface area contributed by atoms with Gasteiger partial charge in [0.2, 0.25) is 0 Å². The summed E-state index contributed by atoms with van der Waals surface area (Å²) >= 11 is 5.95. The van der Waals surface area contributed by atoms with Crippen molar-refractivity contribution in [2.75, 3.05) is 27.3 Å². The van der Waals surface area contributed by atoms with Crippen LogP contribution in [0.5, 0.6) is 0 Å². The molecule has 0 fully saturated rings. The summed E-state index contributed by atoms with van der Waals surface area (Å²) in [6.07, 6.45) is 4.33. The van der Waals surface area contributed by atoms with Crippen LogP contribution >= 0.6 is 11.6 Å². The molecule has 29 heavy (non-hydrogen) atoms. The number of methoxy groups -OCH3 is 1. The molecular formula is C21H19ClN2O5. The molecule has 0 radical (unpaired) electrons. The van der Waals surface area contributed by atoms with Gasteiger partial charge in [-0.2, -0.15) is 4.73 Å². The van der Waals surface area contributed by atoms with E-state index in [2.05, 4.69) is 11.0 Å². The number of nitrogens with zero attached hydrogens (tertiary/aromatic N) is 2. The summed E-state index contributed by atoms with van der Waals surface area (Å²) in [5.41, 5.74) is 3.64. The molecule has 7 nitrogen and oxygen atoms in total. The molecular weight excluding hydrogens is 396 g/mol. The van der Waals surface area contributed by atoms with Crippen molar-refractivity contribution in [1.82, 2.24) is 9.63 Å². The summed E-state index contributed by atoms with van der Waals surface area (Å²) in [6, 6.07) is 5.67. The maximum absolute atomic E-state index is 12.5. The fourth-order valence-corrected chi connectivity index (χ4v) is 4.78. The van der Waals surface area contributed by atoms with Gasteiger partial charge in [0, 0.05) is 36.6 Å². The van der Waals surface area contributed by atoms with E-state index in [0.717, 1.165) is 34.7 Å². The van der Waals surface area contributed by atoms with Gasteiger partial charge in [-0.1, -0.05) is 29.8 Å². The fourth-order valence-electron chi connectivity index (χ4n) is 4.66. The van der Waals surface area contributed by atoms with Crippen molar-refractivity contribution in [3.05, 3.63) is 52.7 Å². The van der Waals surface area contributed by atoms with Crippen molar-refractivity contribution in [2.45, 2.75) is 12.1 Å². The number of hydrogen-bond acceptors (Lipinski definition) is 6. The van der Waals surface area contributed by atoms with Gasteiger partial charge >= 0.3 is 11.9 Å². The minimum Gasteiger partial charge on any atom is -0.452 e.